The lowest BCUT2D eigenvalue weighted by atomic mass is 10.1. The second-order valence-corrected chi connectivity index (χ2v) is 7.76. The molecule has 0 aliphatic carbocycles. The van der Waals surface area contributed by atoms with Gasteiger partial charge < -0.3 is 0 Å². The molecule has 2 aromatic carbocycles. The van der Waals surface area contributed by atoms with E-state index < -0.39 is 17.6 Å². The predicted octanol–water partition coefficient (Wildman–Crippen LogP) is 4.59. The highest BCUT2D eigenvalue weighted by Gasteiger charge is 2.30. The van der Waals surface area contributed by atoms with Crippen LogP contribution in [0.4, 0.5) is 17.6 Å². The maximum absolute atomic E-state index is 13.2. The van der Waals surface area contributed by atoms with Gasteiger partial charge in [0.25, 0.3) is 5.56 Å². The number of rotatable bonds is 4. The summed E-state index contributed by atoms with van der Waals surface area (Å²) < 4.78 is 53.5. The maximum Gasteiger partial charge on any atom is 0.416 e. The molecule has 1 aromatic heterocycles. The molecule has 0 saturated carbocycles. The third kappa shape index (κ3) is 4.29. The molecule has 0 atom stereocenters. The van der Waals surface area contributed by atoms with Gasteiger partial charge in [-0.05, 0) is 35.7 Å². The van der Waals surface area contributed by atoms with Gasteiger partial charge in [-0.2, -0.15) is 13.2 Å². The van der Waals surface area contributed by atoms with Crippen LogP contribution in [0.25, 0.3) is 0 Å². The normalized spacial score (nSPS) is 14.7. The Morgan fingerprint density at radius 3 is 2.63 bits per heavy atom. The van der Waals surface area contributed by atoms with Crippen LogP contribution in [-0.4, -0.2) is 21.2 Å². The fourth-order valence-electron chi connectivity index (χ4n) is 3.71. The first kappa shape index (κ1) is 20.7. The van der Waals surface area contributed by atoms with E-state index in [1.807, 2.05) is 4.90 Å². The third-order valence-corrected chi connectivity index (χ3v) is 5.55. The molecular weight excluding hydrogens is 422 g/mol. The molecule has 9 heteroatoms. The van der Waals surface area contributed by atoms with Gasteiger partial charge >= 0.3 is 6.18 Å². The van der Waals surface area contributed by atoms with Crippen LogP contribution in [0.3, 0.4) is 0 Å². The van der Waals surface area contributed by atoms with Crippen molar-refractivity contribution in [2.24, 2.45) is 0 Å². The first-order valence-electron chi connectivity index (χ1n) is 9.33. The van der Waals surface area contributed by atoms with Crippen LogP contribution in [0.15, 0.2) is 47.3 Å². The standard InChI is InChI=1S/C21H18ClF4N3O/c22-18-9-16(23)5-4-14(18)11-29-20(30)17-6-7-28(12-19(17)27-29)10-13-2-1-3-15(8-13)21(24,25)26/h1-5,8-9,27H,6-7,10-12H2. The van der Waals surface area contributed by atoms with E-state index in [0.29, 0.717) is 42.7 Å². The molecule has 0 bridgehead atoms. The molecule has 0 spiro atoms. The van der Waals surface area contributed by atoms with Crippen molar-refractivity contribution in [2.75, 3.05) is 6.54 Å². The largest absolute Gasteiger partial charge is 0.416 e. The number of benzene rings is 2. The summed E-state index contributed by atoms with van der Waals surface area (Å²) in [6.07, 6.45) is -3.89. The van der Waals surface area contributed by atoms with Crippen LogP contribution >= 0.6 is 11.6 Å². The molecule has 2 heterocycles. The molecule has 1 N–H and O–H groups in total. The molecule has 0 fully saturated rings. The number of nitrogens with one attached hydrogen (secondary N) is 1. The van der Waals surface area contributed by atoms with Crippen molar-refractivity contribution >= 4 is 11.6 Å². The third-order valence-electron chi connectivity index (χ3n) is 5.20. The van der Waals surface area contributed by atoms with Crippen molar-refractivity contribution in [1.29, 1.82) is 0 Å². The Bertz CT molecular complexity index is 1140. The van der Waals surface area contributed by atoms with Gasteiger partial charge in [-0.3, -0.25) is 14.8 Å². The lowest BCUT2D eigenvalue weighted by Gasteiger charge is -2.26. The van der Waals surface area contributed by atoms with Crippen molar-refractivity contribution in [3.63, 3.8) is 0 Å². The first-order chi connectivity index (χ1) is 14.2. The van der Waals surface area contributed by atoms with Gasteiger partial charge in [0.1, 0.15) is 5.82 Å². The van der Waals surface area contributed by atoms with Gasteiger partial charge in [-0.1, -0.05) is 35.9 Å². The molecule has 0 radical (unpaired) electrons. The predicted molar refractivity (Wildman–Crippen MR) is 105 cm³/mol. The fourth-order valence-corrected chi connectivity index (χ4v) is 3.93. The number of hydrogen-bond donors (Lipinski definition) is 1. The van der Waals surface area contributed by atoms with E-state index in [2.05, 4.69) is 5.10 Å². The average molecular weight is 440 g/mol. The highest BCUT2D eigenvalue weighted by Crippen LogP contribution is 2.30. The zero-order valence-corrected chi connectivity index (χ0v) is 16.5. The van der Waals surface area contributed by atoms with E-state index in [9.17, 15) is 22.4 Å². The van der Waals surface area contributed by atoms with Gasteiger partial charge in [0, 0.05) is 30.2 Å². The van der Waals surface area contributed by atoms with E-state index in [0.717, 1.165) is 17.8 Å². The summed E-state index contributed by atoms with van der Waals surface area (Å²) in [6, 6.07) is 9.28. The van der Waals surface area contributed by atoms with Crippen LogP contribution < -0.4 is 5.56 Å². The van der Waals surface area contributed by atoms with Crippen LogP contribution in [0, 0.1) is 5.82 Å². The fraction of sp³-hybridized carbons (Fsp3) is 0.286. The summed E-state index contributed by atoms with van der Waals surface area (Å²) in [7, 11) is 0. The minimum absolute atomic E-state index is 0.163. The zero-order chi connectivity index (χ0) is 21.5. The lowest BCUT2D eigenvalue weighted by molar-refractivity contribution is -0.137. The molecule has 0 saturated heterocycles. The molecule has 3 aromatic rings. The number of aromatic amines is 1. The van der Waals surface area contributed by atoms with Crippen LogP contribution in [0.5, 0.6) is 0 Å². The van der Waals surface area contributed by atoms with Gasteiger partial charge in [0.2, 0.25) is 0 Å². The smallest absolute Gasteiger partial charge is 0.298 e. The Labute approximate surface area is 174 Å². The van der Waals surface area contributed by atoms with Gasteiger partial charge in [-0.25, -0.2) is 9.07 Å². The first-order valence-corrected chi connectivity index (χ1v) is 9.71. The average Bonchev–Trinajstić information content (AvgIpc) is 2.98. The number of aromatic nitrogens is 2. The summed E-state index contributed by atoms with van der Waals surface area (Å²) in [4.78, 5) is 14.7. The monoisotopic (exact) mass is 439 g/mol. The Balaban J connectivity index is 1.51. The molecule has 1 aliphatic heterocycles. The van der Waals surface area contributed by atoms with Crippen molar-refractivity contribution < 1.29 is 17.6 Å². The number of H-pyrrole nitrogens is 1. The topological polar surface area (TPSA) is 41.0 Å². The molecule has 4 rings (SSSR count). The summed E-state index contributed by atoms with van der Waals surface area (Å²) in [5.41, 5.74) is 1.73. The van der Waals surface area contributed by atoms with Crippen molar-refractivity contribution in [3.05, 3.63) is 91.6 Å². The molecule has 0 unspecified atom stereocenters. The number of alkyl halides is 3. The summed E-state index contributed by atoms with van der Waals surface area (Å²) in [5, 5.41) is 3.31. The highest BCUT2D eigenvalue weighted by atomic mass is 35.5. The maximum atomic E-state index is 13.2. The number of halogens is 5. The quantitative estimate of drug-likeness (QED) is 0.604. The van der Waals surface area contributed by atoms with Crippen molar-refractivity contribution in [2.45, 2.75) is 32.2 Å². The lowest BCUT2D eigenvalue weighted by Crippen LogP contribution is -2.31. The molecule has 1 aliphatic rings. The Kier molecular flexibility index (Phi) is 5.46. The second kappa shape index (κ2) is 7.92. The van der Waals surface area contributed by atoms with Gasteiger partial charge in [0.05, 0.1) is 17.8 Å². The van der Waals surface area contributed by atoms with E-state index in [-0.39, 0.29) is 17.1 Å². The van der Waals surface area contributed by atoms with E-state index >= 15 is 0 Å². The zero-order valence-electron chi connectivity index (χ0n) is 15.8. The molecule has 0 amide bonds. The molecule has 158 valence electrons. The van der Waals surface area contributed by atoms with Crippen LogP contribution in [-0.2, 0) is 32.2 Å². The van der Waals surface area contributed by atoms with Crippen LogP contribution in [0.1, 0.15) is 27.9 Å². The van der Waals surface area contributed by atoms with Gasteiger partial charge in [-0.15, -0.1) is 0 Å². The summed E-state index contributed by atoms with van der Waals surface area (Å²) in [5.74, 6) is -0.452. The number of fused-ring (bicyclic) bond motifs is 1. The summed E-state index contributed by atoms with van der Waals surface area (Å²) in [6.45, 7) is 1.51. The van der Waals surface area contributed by atoms with Gasteiger partial charge in [0.15, 0.2) is 0 Å². The second-order valence-electron chi connectivity index (χ2n) is 7.35. The molecule has 30 heavy (non-hydrogen) atoms. The Hall–Kier alpha value is -2.58. The van der Waals surface area contributed by atoms with Crippen molar-refractivity contribution in [1.82, 2.24) is 14.7 Å². The Morgan fingerprint density at radius 2 is 1.90 bits per heavy atom. The molecular formula is C21H18ClF4N3O. The minimum atomic E-state index is -4.38. The number of hydrogen-bond acceptors (Lipinski definition) is 2. The SMILES string of the molecule is O=c1c2c([nH]n1Cc1ccc(F)cc1Cl)CN(Cc1cccc(C(F)(F)F)c1)CC2. The number of nitrogens with zero attached hydrogens (tertiary/aromatic N) is 2. The highest BCUT2D eigenvalue weighted by molar-refractivity contribution is 6.31. The van der Waals surface area contributed by atoms with E-state index in [1.165, 1.54) is 28.9 Å². The van der Waals surface area contributed by atoms with E-state index in [4.69, 9.17) is 11.6 Å². The molecule has 4 nitrogen and oxygen atoms in total. The van der Waals surface area contributed by atoms with Crippen LogP contribution in [0.2, 0.25) is 5.02 Å². The minimum Gasteiger partial charge on any atom is -0.298 e. The Morgan fingerprint density at radius 1 is 1.10 bits per heavy atom. The summed E-state index contributed by atoms with van der Waals surface area (Å²) >= 11 is 6.06. The van der Waals surface area contributed by atoms with Crippen molar-refractivity contribution in [3.8, 4) is 0 Å². The van der Waals surface area contributed by atoms with E-state index in [1.54, 1.807) is 6.07 Å².